The maximum Gasteiger partial charge on any atom is 0.326 e. The van der Waals surface area contributed by atoms with Crippen molar-refractivity contribution in [1.82, 2.24) is 52.8 Å². The molecular weight excluding hydrogens is 1010 g/mol. The summed E-state index contributed by atoms with van der Waals surface area (Å²) in [6.45, 7) is 4.58. The number of amides is 11. The summed E-state index contributed by atoms with van der Waals surface area (Å²) in [5.41, 5.74) is 17.1. The predicted molar refractivity (Wildman–Crippen MR) is 272 cm³/mol. The SMILES string of the molecule is CC(C)C[C@H](NC(=O)CNC(=O)[C@@H](NC(=O)CNC(=O)[C@H](CCCCN)NC(=O)CNC(=O)[C@H](CC(=O)O)NC(=O)[C@H](Cc1ccc(O)cc1)NC(=O)[C@@H](N)CCC(N)=O)C(C)C)C(=O)NCC(=O)N1CCC[C@H]1C(=O)O. The minimum atomic E-state index is -1.81. The number of benzene rings is 1. The molecule has 11 amide bonds. The lowest BCUT2D eigenvalue weighted by Gasteiger charge is -2.24. The van der Waals surface area contributed by atoms with Crippen molar-refractivity contribution >= 4 is 76.9 Å². The number of rotatable bonds is 34. The fourth-order valence-electron chi connectivity index (χ4n) is 7.72. The van der Waals surface area contributed by atoms with Crippen molar-refractivity contribution < 1.29 is 77.6 Å². The second-order valence-electron chi connectivity index (χ2n) is 19.1. The second-order valence-corrected chi connectivity index (χ2v) is 19.1. The molecule has 1 saturated heterocycles. The number of aromatic hydroxyl groups is 1. The molecule has 1 aliphatic heterocycles. The Labute approximate surface area is 444 Å². The van der Waals surface area contributed by atoms with Crippen LogP contribution in [0.15, 0.2) is 24.3 Å². The average Bonchev–Trinajstić information content (AvgIpc) is 3.87. The molecule has 428 valence electrons. The first-order valence-corrected chi connectivity index (χ1v) is 25.1. The van der Waals surface area contributed by atoms with Gasteiger partial charge in [-0.2, -0.15) is 0 Å². The molecule has 0 aliphatic carbocycles. The van der Waals surface area contributed by atoms with Crippen molar-refractivity contribution in [2.75, 3.05) is 39.3 Å². The molecule has 2 rings (SSSR count). The first-order valence-electron chi connectivity index (χ1n) is 25.1. The van der Waals surface area contributed by atoms with Crippen molar-refractivity contribution in [3.8, 4) is 5.75 Å². The fourth-order valence-corrected chi connectivity index (χ4v) is 7.72. The zero-order valence-electron chi connectivity index (χ0n) is 43.6. The van der Waals surface area contributed by atoms with Crippen LogP contribution in [0.4, 0.5) is 0 Å². The Hall–Kier alpha value is -7.95. The van der Waals surface area contributed by atoms with Crippen molar-refractivity contribution in [3.05, 3.63) is 29.8 Å². The van der Waals surface area contributed by atoms with Gasteiger partial charge < -0.3 is 85.3 Å². The summed E-state index contributed by atoms with van der Waals surface area (Å²) in [5.74, 6) is -12.7. The molecule has 77 heavy (non-hydrogen) atoms. The number of nitrogens with zero attached hydrogens (tertiary/aromatic N) is 1. The van der Waals surface area contributed by atoms with Gasteiger partial charge in [-0.05, 0) is 81.0 Å². The Morgan fingerprint density at radius 3 is 1.71 bits per heavy atom. The van der Waals surface area contributed by atoms with Gasteiger partial charge in [0.25, 0.3) is 0 Å². The maximum absolute atomic E-state index is 13.6. The summed E-state index contributed by atoms with van der Waals surface area (Å²) < 4.78 is 0. The van der Waals surface area contributed by atoms with Crippen LogP contribution >= 0.6 is 0 Å². The van der Waals surface area contributed by atoms with E-state index in [2.05, 4.69) is 47.9 Å². The highest BCUT2D eigenvalue weighted by Gasteiger charge is 2.35. The van der Waals surface area contributed by atoms with Gasteiger partial charge in [0, 0.05) is 19.4 Å². The third-order valence-corrected chi connectivity index (χ3v) is 11.8. The Morgan fingerprint density at radius 1 is 0.636 bits per heavy atom. The number of nitrogens with one attached hydrogen (secondary N) is 9. The zero-order valence-corrected chi connectivity index (χ0v) is 43.6. The van der Waals surface area contributed by atoms with E-state index in [0.29, 0.717) is 24.8 Å². The van der Waals surface area contributed by atoms with Gasteiger partial charge in [-0.15, -0.1) is 0 Å². The van der Waals surface area contributed by atoms with Gasteiger partial charge >= 0.3 is 11.9 Å². The Kier molecular flexibility index (Phi) is 28.1. The van der Waals surface area contributed by atoms with E-state index in [9.17, 15) is 77.6 Å². The maximum atomic E-state index is 13.6. The molecule has 1 aromatic carbocycles. The molecule has 18 N–H and O–H groups in total. The van der Waals surface area contributed by atoms with E-state index in [-0.39, 0.29) is 63.3 Å². The van der Waals surface area contributed by atoms with Crippen LogP contribution in [-0.2, 0) is 68.7 Å². The van der Waals surface area contributed by atoms with Crippen LogP contribution in [0.2, 0.25) is 0 Å². The molecule has 7 atom stereocenters. The molecule has 0 unspecified atom stereocenters. The minimum Gasteiger partial charge on any atom is -0.508 e. The normalized spacial score (nSPS) is 15.3. The summed E-state index contributed by atoms with van der Waals surface area (Å²) >= 11 is 0. The number of carbonyl (C=O) groups excluding carboxylic acids is 11. The van der Waals surface area contributed by atoms with Crippen LogP contribution in [0, 0.1) is 11.8 Å². The van der Waals surface area contributed by atoms with Crippen LogP contribution in [0.25, 0.3) is 0 Å². The Morgan fingerprint density at radius 2 is 1.17 bits per heavy atom. The van der Waals surface area contributed by atoms with Crippen molar-refractivity contribution in [1.29, 1.82) is 0 Å². The number of likely N-dealkylation sites (tertiary alicyclic amines) is 1. The fraction of sp³-hybridized carbons (Fsp3) is 0.604. The van der Waals surface area contributed by atoms with E-state index in [1.165, 1.54) is 29.2 Å². The monoisotopic (exact) mass is 1090 g/mol. The second kappa shape index (κ2) is 33.2. The van der Waals surface area contributed by atoms with Crippen LogP contribution in [0.3, 0.4) is 0 Å². The topological polar surface area (TPSA) is 472 Å². The number of phenols is 1. The smallest absolute Gasteiger partial charge is 0.326 e. The lowest BCUT2D eigenvalue weighted by atomic mass is 10.0. The number of hydrogen-bond donors (Lipinski definition) is 15. The van der Waals surface area contributed by atoms with E-state index >= 15 is 0 Å². The summed E-state index contributed by atoms with van der Waals surface area (Å²) in [5, 5.41) is 50.2. The number of unbranched alkanes of at least 4 members (excludes halogenated alkanes) is 1. The molecule has 1 aliphatic rings. The molecule has 1 heterocycles. The molecule has 0 saturated carbocycles. The first-order chi connectivity index (χ1) is 36.2. The highest BCUT2D eigenvalue weighted by molar-refractivity contribution is 5.98. The lowest BCUT2D eigenvalue weighted by molar-refractivity contribution is -0.148. The van der Waals surface area contributed by atoms with Crippen LogP contribution in [0.5, 0.6) is 5.75 Å². The Balaban J connectivity index is 2.04. The van der Waals surface area contributed by atoms with E-state index in [1.54, 1.807) is 27.7 Å². The summed E-state index contributed by atoms with van der Waals surface area (Å²) in [7, 11) is 0. The van der Waals surface area contributed by atoms with Crippen LogP contribution in [-0.4, -0.2) is 179 Å². The van der Waals surface area contributed by atoms with Crippen LogP contribution < -0.4 is 65.1 Å². The molecule has 0 aromatic heterocycles. The van der Waals surface area contributed by atoms with Gasteiger partial charge in [-0.25, -0.2) is 4.79 Å². The number of carboxylic acid groups (broad SMARTS) is 2. The van der Waals surface area contributed by atoms with E-state index in [4.69, 9.17) is 17.2 Å². The van der Waals surface area contributed by atoms with Crippen molar-refractivity contribution in [2.45, 2.75) is 134 Å². The van der Waals surface area contributed by atoms with Gasteiger partial charge in [0.1, 0.15) is 42.0 Å². The zero-order chi connectivity index (χ0) is 57.9. The third-order valence-electron chi connectivity index (χ3n) is 11.8. The predicted octanol–water partition coefficient (Wildman–Crippen LogP) is -5.20. The van der Waals surface area contributed by atoms with E-state index in [1.807, 2.05) is 0 Å². The minimum absolute atomic E-state index is 0.00504. The molecule has 0 radical (unpaired) electrons. The number of nitrogens with two attached hydrogens (primary N) is 3. The summed E-state index contributed by atoms with van der Waals surface area (Å²) in [6, 6.07) is -3.72. The van der Waals surface area contributed by atoms with E-state index < -0.39 is 158 Å². The van der Waals surface area contributed by atoms with Crippen molar-refractivity contribution in [2.24, 2.45) is 29.0 Å². The molecular formula is C48H75N13O16. The van der Waals surface area contributed by atoms with Gasteiger partial charge in [0.2, 0.25) is 65.0 Å². The lowest BCUT2D eigenvalue weighted by Crippen LogP contribution is -2.57. The number of hydrogen-bond acceptors (Lipinski definition) is 16. The number of phenolic OH excluding ortho intramolecular Hbond substituents is 1. The number of aliphatic carboxylic acids is 2. The molecule has 1 aromatic rings. The molecule has 29 nitrogen and oxygen atoms in total. The third kappa shape index (κ3) is 24.5. The van der Waals surface area contributed by atoms with Crippen LogP contribution in [0.1, 0.15) is 91.0 Å². The van der Waals surface area contributed by atoms with Crippen molar-refractivity contribution in [3.63, 3.8) is 0 Å². The number of carboxylic acids is 2. The number of primary amides is 1. The highest BCUT2D eigenvalue weighted by Crippen LogP contribution is 2.17. The Bertz CT molecular complexity index is 2260. The average molecular weight is 1090 g/mol. The molecule has 1 fully saturated rings. The van der Waals surface area contributed by atoms with Gasteiger partial charge in [-0.1, -0.05) is 39.8 Å². The van der Waals surface area contributed by atoms with Gasteiger partial charge in [-0.3, -0.25) is 57.5 Å². The first kappa shape index (κ1) is 65.2. The summed E-state index contributed by atoms with van der Waals surface area (Å²) in [4.78, 5) is 167. The standard InChI is InChI=1S/C48H75N13O16/c1-25(2)18-31(44(72)55-24-39(67)61-17-7-9-34(61)48(76)77)57-37(65)22-54-47(75)41(26(3)4)60-38(66)23-52-43(71)30(8-5-6-16-49)56-36(64)21-53-45(73)33(20-40(68)69)59-46(74)32(19-27-10-12-28(62)13-11-27)58-42(70)29(50)14-15-35(51)63/h10-13,25-26,29-34,41,62H,5-9,14-24,49-50H2,1-4H3,(H2,51,63)(H,52,71)(H,53,73)(H,54,75)(H,55,72)(H,56,64)(H,57,65)(H,58,70)(H,59,74)(H,60,66)(H,68,69)(H,76,77)/t29-,30-,31-,32-,33-,34-,41-/m0/s1. The van der Waals surface area contributed by atoms with E-state index in [0.717, 1.165) is 0 Å². The molecule has 0 spiro atoms. The summed E-state index contributed by atoms with van der Waals surface area (Å²) in [6.07, 6.45) is 0.0436. The largest absolute Gasteiger partial charge is 0.508 e. The molecule has 29 heteroatoms. The number of carbonyl (C=O) groups is 13. The van der Waals surface area contributed by atoms with Gasteiger partial charge in [0.15, 0.2) is 0 Å². The highest BCUT2D eigenvalue weighted by atomic mass is 16.4. The molecule has 0 bridgehead atoms. The quantitative estimate of drug-likeness (QED) is 0.0287. The van der Waals surface area contributed by atoms with Gasteiger partial charge in [0.05, 0.1) is 38.6 Å².